The van der Waals surface area contributed by atoms with Crippen molar-refractivity contribution in [3.05, 3.63) is 35.4 Å². The number of carbonyl (C=O) groups excluding carboxylic acids is 1. The Morgan fingerprint density at radius 2 is 2.21 bits per heavy atom. The van der Waals surface area contributed by atoms with E-state index in [0.29, 0.717) is 19.6 Å². The van der Waals surface area contributed by atoms with Gasteiger partial charge in [0.25, 0.3) is 0 Å². The standard InChI is InChI=1S/C16H20O3/c1-16(8-4-9-19-16)15(17)11-14-13-6-3-2-5-12(13)7-10-18-14/h2-3,5-6,14H,4,7-11H2,1H3. The van der Waals surface area contributed by atoms with Gasteiger partial charge in [0.05, 0.1) is 12.7 Å². The van der Waals surface area contributed by atoms with E-state index in [2.05, 4.69) is 12.1 Å². The summed E-state index contributed by atoms with van der Waals surface area (Å²) >= 11 is 0. The monoisotopic (exact) mass is 260 g/mol. The summed E-state index contributed by atoms with van der Waals surface area (Å²) in [6.45, 7) is 3.31. The summed E-state index contributed by atoms with van der Waals surface area (Å²) in [5.41, 5.74) is 1.89. The molecule has 1 aromatic carbocycles. The van der Waals surface area contributed by atoms with Crippen LogP contribution in [0.4, 0.5) is 0 Å². The summed E-state index contributed by atoms with van der Waals surface area (Å²) in [6, 6.07) is 8.26. The van der Waals surface area contributed by atoms with Crippen LogP contribution in [0.5, 0.6) is 0 Å². The molecule has 0 spiro atoms. The zero-order valence-electron chi connectivity index (χ0n) is 11.4. The van der Waals surface area contributed by atoms with Gasteiger partial charge in [0.2, 0.25) is 0 Å². The van der Waals surface area contributed by atoms with Crippen LogP contribution in [0.1, 0.15) is 43.4 Å². The van der Waals surface area contributed by atoms with E-state index in [1.54, 1.807) is 0 Å². The van der Waals surface area contributed by atoms with Gasteiger partial charge >= 0.3 is 0 Å². The first-order chi connectivity index (χ1) is 9.19. The normalized spacial score (nSPS) is 30.1. The van der Waals surface area contributed by atoms with Crippen molar-refractivity contribution < 1.29 is 14.3 Å². The van der Waals surface area contributed by atoms with E-state index < -0.39 is 5.60 Å². The lowest BCUT2D eigenvalue weighted by Crippen LogP contribution is -2.36. The Hall–Kier alpha value is -1.19. The van der Waals surface area contributed by atoms with Gasteiger partial charge in [-0.3, -0.25) is 4.79 Å². The predicted molar refractivity (Wildman–Crippen MR) is 72.1 cm³/mol. The minimum Gasteiger partial charge on any atom is -0.373 e. The molecule has 2 aliphatic heterocycles. The van der Waals surface area contributed by atoms with Gasteiger partial charge in [-0.25, -0.2) is 0 Å². The second-order valence-electron chi connectivity index (χ2n) is 5.62. The minimum atomic E-state index is -0.588. The lowest BCUT2D eigenvalue weighted by molar-refractivity contribution is -0.140. The first-order valence-corrected chi connectivity index (χ1v) is 7.06. The molecule has 1 aromatic rings. The number of hydrogen-bond donors (Lipinski definition) is 0. The average Bonchev–Trinajstić information content (AvgIpc) is 2.87. The summed E-state index contributed by atoms with van der Waals surface area (Å²) in [5.74, 6) is 0.173. The van der Waals surface area contributed by atoms with Crippen molar-refractivity contribution >= 4 is 5.78 Å². The van der Waals surface area contributed by atoms with Crippen molar-refractivity contribution in [2.75, 3.05) is 13.2 Å². The molecule has 0 bridgehead atoms. The largest absolute Gasteiger partial charge is 0.373 e. The Bertz CT molecular complexity index is 475. The Labute approximate surface area is 113 Å². The van der Waals surface area contributed by atoms with E-state index in [0.717, 1.165) is 19.3 Å². The van der Waals surface area contributed by atoms with Gasteiger partial charge in [0.15, 0.2) is 5.78 Å². The number of carbonyl (C=O) groups is 1. The highest BCUT2D eigenvalue weighted by atomic mass is 16.5. The summed E-state index contributed by atoms with van der Waals surface area (Å²) in [5, 5.41) is 0. The number of ether oxygens (including phenoxy) is 2. The highest BCUT2D eigenvalue weighted by Gasteiger charge is 2.39. The summed E-state index contributed by atoms with van der Waals surface area (Å²) in [7, 11) is 0. The van der Waals surface area contributed by atoms with Gasteiger partial charge in [-0.15, -0.1) is 0 Å². The molecule has 3 nitrogen and oxygen atoms in total. The maximum Gasteiger partial charge on any atom is 0.167 e. The molecule has 1 saturated heterocycles. The quantitative estimate of drug-likeness (QED) is 0.838. The lowest BCUT2D eigenvalue weighted by atomic mass is 9.88. The van der Waals surface area contributed by atoms with Crippen molar-refractivity contribution in [2.24, 2.45) is 0 Å². The van der Waals surface area contributed by atoms with Crippen LogP contribution in [0.15, 0.2) is 24.3 Å². The molecule has 2 unspecified atom stereocenters. The Kier molecular flexibility index (Phi) is 3.42. The second-order valence-corrected chi connectivity index (χ2v) is 5.62. The molecule has 3 heteroatoms. The summed E-state index contributed by atoms with van der Waals surface area (Å²) < 4.78 is 11.4. The Morgan fingerprint density at radius 1 is 1.37 bits per heavy atom. The van der Waals surface area contributed by atoms with Crippen molar-refractivity contribution in [2.45, 2.75) is 44.3 Å². The van der Waals surface area contributed by atoms with Crippen molar-refractivity contribution in [1.82, 2.24) is 0 Å². The molecule has 19 heavy (non-hydrogen) atoms. The SMILES string of the molecule is CC1(C(=O)CC2OCCc3ccccc32)CCCO1. The number of ketones is 1. The van der Waals surface area contributed by atoms with Crippen LogP contribution < -0.4 is 0 Å². The van der Waals surface area contributed by atoms with E-state index in [-0.39, 0.29) is 11.9 Å². The number of hydrogen-bond acceptors (Lipinski definition) is 3. The highest BCUT2D eigenvalue weighted by Crippen LogP contribution is 2.34. The third kappa shape index (κ3) is 2.45. The van der Waals surface area contributed by atoms with E-state index >= 15 is 0 Å². The van der Waals surface area contributed by atoms with E-state index in [1.807, 2.05) is 19.1 Å². The molecular formula is C16H20O3. The number of benzene rings is 1. The Balaban J connectivity index is 1.76. The smallest absolute Gasteiger partial charge is 0.167 e. The number of rotatable bonds is 3. The molecule has 0 N–H and O–H groups in total. The molecular weight excluding hydrogens is 240 g/mol. The molecule has 102 valence electrons. The molecule has 2 atom stereocenters. The third-order valence-electron chi connectivity index (χ3n) is 4.27. The van der Waals surface area contributed by atoms with Crippen LogP contribution in [0, 0.1) is 0 Å². The predicted octanol–water partition coefficient (Wildman–Crippen LogP) is 2.83. The zero-order chi connectivity index (χ0) is 13.3. The molecule has 0 saturated carbocycles. The molecule has 0 amide bonds. The van der Waals surface area contributed by atoms with Crippen LogP contribution >= 0.6 is 0 Å². The molecule has 0 radical (unpaired) electrons. The molecule has 1 fully saturated rings. The highest BCUT2D eigenvalue weighted by molar-refractivity contribution is 5.87. The molecule has 3 rings (SSSR count). The molecule has 0 aromatic heterocycles. The van der Waals surface area contributed by atoms with Crippen LogP contribution in [0.2, 0.25) is 0 Å². The number of Topliss-reactive ketones (excluding diaryl/α,β-unsaturated/α-hetero) is 1. The fourth-order valence-corrected chi connectivity index (χ4v) is 3.03. The number of fused-ring (bicyclic) bond motifs is 1. The van der Waals surface area contributed by atoms with E-state index in [1.165, 1.54) is 11.1 Å². The average molecular weight is 260 g/mol. The van der Waals surface area contributed by atoms with Gasteiger partial charge in [-0.05, 0) is 37.3 Å². The Morgan fingerprint density at radius 3 is 3.00 bits per heavy atom. The van der Waals surface area contributed by atoms with Crippen LogP contribution in [-0.2, 0) is 20.7 Å². The lowest BCUT2D eigenvalue weighted by Gasteiger charge is -2.29. The van der Waals surface area contributed by atoms with Crippen molar-refractivity contribution in [3.8, 4) is 0 Å². The topological polar surface area (TPSA) is 35.5 Å². The van der Waals surface area contributed by atoms with Gasteiger partial charge < -0.3 is 9.47 Å². The van der Waals surface area contributed by atoms with E-state index in [4.69, 9.17) is 9.47 Å². The summed E-state index contributed by atoms with van der Waals surface area (Å²) in [6.07, 6.45) is 3.07. The van der Waals surface area contributed by atoms with Crippen molar-refractivity contribution in [1.29, 1.82) is 0 Å². The zero-order valence-corrected chi connectivity index (χ0v) is 11.4. The minimum absolute atomic E-state index is 0.0986. The third-order valence-corrected chi connectivity index (χ3v) is 4.27. The fraction of sp³-hybridized carbons (Fsp3) is 0.562. The fourth-order valence-electron chi connectivity index (χ4n) is 3.03. The maximum absolute atomic E-state index is 12.4. The van der Waals surface area contributed by atoms with Gasteiger partial charge in [-0.2, -0.15) is 0 Å². The first kappa shape index (κ1) is 12.8. The van der Waals surface area contributed by atoms with Gasteiger partial charge in [0.1, 0.15) is 5.60 Å². The van der Waals surface area contributed by atoms with Crippen LogP contribution in [-0.4, -0.2) is 24.6 Å². The van der Waals surface area contributed by atoms with Crippen LogP contribution in [0.25, 0.3) is 0 Å². The second kappa shape index (κ2) is 5.06. The van der Waals surface area contributed by atoms with Crippen molar-refractivity contribution in [3.63, 3.8) is 0 Å². The summed E-state index contributed by atoms with van der Waals surface area (Å²) in [4.78, 5) is 12.4. The van der Waals surface area contributed by atoms with Gasteiger partial charge in [-0.1, -0.05) is 24.3 Å². The molecule has 0 aliphatic carbocycles. The van der Waals surface area contributed by atoms with E-state index in [9.17, 15) is 4.79 Å². The molecule has 2 aliphatic rings. The van der Waals surface area contributed by atoms with Gasteiger partial charge in [0, 0.05) is 13.0 Å². The molecule has 2 heterocycles. The maximum atomic E-state index is 12.4. The first-order valence-electron chi connectivity index (χ1n) is 7.06. The van der Waals surface area contributed by atoms with Crippen LogP contribution in [0.3, 0.4) is 0 Å².